The Morgan fingerprint density at radius 3 is 2.74 bits per heavy atom. The second-order valence-corrected chi connectivity index (χ2v) is 5.30. The van der Waals surface area contributed by atoms with Crippen molar-refractivity contribution in [3.63, 3.8) is 0 Å². The maximum atomic E-state index is 11.4. The van der Waals surface area contributed by atoms with Crippen molar-refractivity contribution in [3.05, 3.63) is 35.9 Å². The van der Waals surface area contributed by atoms with E-state index in [-0.39, 0.29) is 12.1 Å². The summed E-state index contributed by atoms with van der Waals surface area (Å²) in [4.78, 5) is 13.8. The summed E-state index contributed by atoms with van der Waals surface area (Å²) in [6.45, 7) is 6.33. The molecule has 4 nitrogen and oxygen atoms in total. The lowest BCUT2D eigenvalue weighted by Gasteiger charge is -2.40. The summed E-state index contributed by atoms with van der Waals surface area (Å²) in [5.74, 6) is 0. The predicted octanol–water partition coefficient (Wildman–Crippen LogP) is 2.40. The zero-order chi connectivity index (χ0) is 13.7. The normalized spacial score (nSPS) is 19.0. The van der Waals surface area contributed by atoms with E-state index in [4.69, 9.17) is 4.74 Å². The van der Waals surface area contributed by atoms with Crippen LogP contribution in [0.25, 0.3) is 0 Å². The Hall–Kier alpha value is -1.55. The highest BCUT2D eigenvalue weighted by Gasteiger charge is 2.28. The van der Waals surface area contributed by atoms with Crippen molar-refractivity contribution in [2.75, 3.05) is 13.2 Å². The minimum absolute atomic E-state index is 0.120. The Labute approximate surface area is 114 Å². The molecule has 0 unspecified atom stereocenters. The van der Waals surface area contributed by atoms with E-state index < -0.39 is 0 Å². The molecule has 19 heavy (non-hydrogen) atoms. The van der Waals surface area contributed by atoms with Gasteiger partial charge < -0.3 is 10.1 Å². The predicted molar refractivity (Wildman–Crippen MR) is 74.9 cm³/mol. The molecule has 0 aromatic heterocycles. The monoisotopic (exact) mass is 262 g/mol. The van der Waals surface area contributed by atoms with Crippen LogP contribution in [0.2, 0.25) is 0 Å². The van der Waals surface area contributed by atoms with Crippen LogP contribution < -0.4 is 5.32 Å². The van der Waals surface area contributed by atoms with Gasteiger partial charge in [0.2, 0.25) is 0 Å². The van der Waals surface area contributed by atoms with Crippen LogP contribution in [0.3, 0.4) is 0 Å². The number of carbonyl (C=O) groups excluding carboxylic acids is 1. The third-order valence-corrected chi connectivity index (χ3v) is 3.31. The molecule has 0 spiro atoms. The second-order valence-electron chi connectivity index (χ2n) is 5.30. The van der Waals surface area contributed by atoms with Gasteiger partial charge in [-0.1, -0.05) is 30.3 Å². The Balaban J connectivity index is 1.72. The zero-order valence-corrected chi connectivity index (χ0v) is 11.6. The van der Waals surface area contributed by atoms with E-state index in [0.717, 1.165) is 19.5 Å². The SMILES string of the molecule is CC(C)NC(=O)OC[C@H]1CCN1Cc1ccccc1. The molecule has 0 aliphatic carbocycles. The topological polar surface area (TPSA) is 41.6 Å². The van der Waals surface area contributed by atoms with Gasteiger partial charge in [-0.05, 0) is 25.8 Å². The van der Waals surface area contributed by atoms with Crippen molar-refractivity contribution in [3.8, 4) is 0 Å². The van der Waals surface area contributed by atoms with Crippen molar-refractivity contribution in [1.29, 1.82) is 0 Å². The maximum absolute atomic E-state index is 11.4. The lowest BCUT2D eigenvalue weighted by molar-refractivity contribution is 0.0242. The highest BCUT2D eigenvalue weighted by molar-refractivity contribution is 5.67. The number of benzene rings is 1. The van der Waals surface area contributed by atoms with Gasteiger partial charge in [-0.2, -0.15) is 0 Å². The van der Waals surface area contributed by atoms with Gasteiger partial charge in [-0.3, -0.25) is 4.90 Å². The summed E-state index contributed by atoms with van der Waals surface area (Å²) in [5, 5.41) is 2.73. The van der Waals surface area contributed by atoms with Crippen LogP contribution in [0, 0.1) is 0 Å². The average Bonchev–Trinajstić information content (AvgIpc) is 2.35. The Kier molecular flexibility index (Phi) is 4.80. The van der Waals surface area contributed by atoms with E-state index >= 15 is 0 Å². The number of carbonyl (C=O) groups is 1. The molecule has 0 saturated carbocycles. The minimum atomic E-state index is -0.318. The number of hydrogen-bond donors (Lipinski definition) is 1. The van der Waals surface area contributed by atoms with E-state index in [2.05, 4.69) is 34.5 Å². The summed E-state index contributed by atoms with van der Waals surface area (Å²) < 4.78 is 5.23. The standard InChI is InChI=1S/C15H22N2O2/c1-12(2)16-15(18)19-11-14-8-9-17(14)10-13-6-4-3-5-7-13/h3-7,12,14H,8-11H2,1-2H3,(H,16,18)/t14-/m1/s1. The summed E-state index contributed by atoms with van der Waals surface area (Å²) in [6.07, 6.45) is 0.781. The lowest BCUT2D eigenvalue weighted by atomic mass is 10.0. The number of amides is 1. The summed E-state index contributed by atoms with van der Waals surface area (Å²) in [6, 6.07) is 10.9. The number of likely N-dealkylation sites (tertiary alicyclic amines) is 1. The lowest BCUT2D eigenvalue weighted by Crippen LogP contribution is -2.50. The highest BCUT2D eigenvalue weighted by Crippen LogP contribution is 2.20. The largest absolute Gasteiger partial charge is 0.448 e. The van der Waals surface area contributed by atoms with E-state index in [1.54, 1.807) is 0 Å². The molecule has 0 radical (unpaired) electrons. The summed E-state index contributed by atoms with van der Waals surface area (Å²) >= 11 is 0. The van der Waals surface area contributed by atoms with Gasteiger partial charge in [0.05, 0.1) is 0 Å². The highest BCUT2D eigenvalue weighted by atomic mass is 16.5. The summed E-state index contributed by atoms with van der Waals surface area (Å²) in [5.41, 5.74) is 1.30. The van der Waals surface area contributed by atoms with Crippen molar-refractivity contribution in [2.24, 2.45) is 0 Å². The molecule has 1 aromatic rings. The molecular weight excluding hydrogens is 240 g/mol. The van der Waals surface area contributed by atoms with Gasteiger partial charge in [-0.15, -0.1) is 0 Å². The van der Waals surface area contributed by atoms with E-state index in [1.807, 2.05) is 19.9 Å². The molecule has 1 aliphatic heterocycles. The number of ether oxygens (including phenoxy) is 1. The van der Waals surface area contributed by atoms with Crippen LogP contribution in [-0.2, 0) is 11.3 Å². The van der Waals surface area contributed by atoms with Gasteiger partial charge in [0, 0.05) is 25.2 Å². The first-order valence-corrected chi connectivity index (χ1v) is 6.86. The second kappa shape index (κ2) is 6.57. The van der Waals surface area contributed by atoms with Crippen molar-refractivity contribution in [2.45, 2.75) is 38.9 Å². The molecule has 1 atom stereocenters. The Bertz CT molecular complexity index is 406. The van der Waals surface area contributed by atoms with E-state index in [9.17, 15) is 4.79 Å². The first kappa shape index (κ1) is 13.9. The molecule has 1 aliphatic rings. The molecule has 1 amide bonds. The fraction of sp³-hybridized carbons (Fsp3) is 0.533. The first-order valence-electron chi connectivity index (χ1n) is 6.86. The smallest absolute Gasteiger partial charge is 0.407 e. The zero-order valence-electron chi connectivity index (χ0n) is 11.6. The van der Waals surface area contributed by atoms with Gasteiger partial charge in [-0.25, -0.2) is 4.79 Å². The number of nitrogens with one attached hydrogen (secondary N) is 1. The minimum Gasteiger partial charge on any atom is -0.448 e. The van der Waals surface area contributed by atoms with Crippen LogP contribution in [0.4, 0.5) is 4.79 Å². The van der Waals surface area contributed by atoms with Crippen LogP contribution in [0.5, 0.6) is 0 Å². The quantitative estimate of drug-likeness (QED) is 0.886. The van der Waals surface area contributed by atoms with Gasteiger partial charge in [0.1, 0.15) is 6.61 Å². The molecule has 1 fully saturated rings. The fourth-order valence-corrected chi connectivity index (χ4v) is 2.16. The number of rotatable bonds is 5. The van der Waals surface area contributed by atoms with Crippen LogP contribution >= 0.6 is 0 Å². The van der Waals surface area contributed by atoms with E-state index in [0.29, 0.717) is 12.6 Å². The molecule has 2 rings (SSSR count). The van der Waals surface area contributed by atoms with Gasteiger partial charge >= 0.3 is 6.09 Å². The Morgan fingerprint density at radius 1 is 1.42 bits per heavy atom. The molecule has 4 heteroatoms. The molecule has 1 N–H and O–H groups in total. The number of hydrogen-bond acceptors (Lipinski definition) is 3. The molecule has 1 heterocycles. The molecule has 1 saturated heterocycles. The molecule has 1 aromatic carbocycles. The fourth-order valence-electron chi connectivity index (χ4n) is 2.16. The average molecular weight is 262 g/mol. The molecular formula is C15H22N2O2. The van der Waals surface area contributed by atoms with Crippen molar-refractivity contribution < 1.29 is 9.53 Å². The molecule has 0 bridgehead atoms. The number of nitrogens with zero attached hydrogens (tertiary/aromatic N) is 1. The Morgan fingerprint density at radius 2 is 2.16 bits per heavy atom. The van der Waals surface area contributed by atoms with Crippen molar-refractivity contribution in [1.82, 2.24) is 10.2 Å². The third-order valence-electron chi connectivity index (χ3n) is 3.31. The maximum Gasteiger partial charge on any atom is 0.407 e. The summed E-state index contributed by atoms with van der Waals surface area (Å²) in [7, 11) is 0. The third kappa shape index (κ3) is 4.24. The molecule has 104 valence electrons. The first-order chi connectivity index (χ1) is 9.15. The van der Waals surface area contributed by atoms with E-state index in [1.165, 1.54) is 5.56 Å². The number of alkyl carbamates (subject to hydrolysis) is 1. The van der Waals surface area contributed by atoms with Crippen LogP contribution in [0.15, 0.2) is 30.3 Å². The van der Waals surface area contributed by atoms with Gasteiger partial charge in [0.25, 0.3) is 0 Å². The van der Waals surface area contributed by atoms with Gasteiger partial charge in [0.15, 0.2) is 0 Å². The van der Waals surface area contributed by atoms with Crippen LogP contribution in [0.1, 0.15) is 25.8 Å². The van der Waals surface area contributed by atoms with Crippen LogP contribution in [-0.4, -0.2) is 36.2 Å². The van der Waals surface area contributed by atoms with Crippen molar-refractivity contribution >= 4 is 6.09 Å².